The summed E-state index contributed by atoms with van der Waals surface area (Å²) in [5.74, 6) is -0.0444. The number of hydrogen-bond donors (Lipinski definition) is 0. The Morgan fingerprint density at radius 2 is 1.43 bits per heavy atom. The van der Waals surface area contributed by atoms with Crippen LogP contribution in [0.1, 0.15) is 81.2 Å². The summed E-state index contributed by atoms with van der Waals surface area (Å²) in [6, 6.07) is 28.1. The van der Waals surface area contributed by atoms with Crippen LogP contribution in [0.5, 0.6) is 0 Å². The van der Waals surface area contributed by atoms with Gasteiger partial charge in [0.1, 0.15) is 5.71 Å². The minimum atomic E-state index is -0.230. The number of aryl methyl sites for hydroxylation is 2. The van der Waals surface area contributed by atoms with Gasteiger partial charge in [0.2, 0.25) is 11.6 Å². The van der Waals surface area contributed by atoms with Crippen molar-refractivity contribution in [2.45, 2.75) is 52.5 Å². The lowest BCUT2D eigenvalue weighted by molar-refractivity contribution is 0.0767. The molecule has 6 nitrogen and oxygen atoms in total. The average molecular weight is 585 g/mol. The summed E-state index contributed by atoms with van der Waals surface area (Å²) in [6.45, 7) is 4.55. The highest BCUT2D eigenvalue weighted by atomic mass is 16.6. The van der Waals surface area contributed by atoms with E-state index < -0.39 is 0 Å². The first-order chi connectivity index (χ1) is 21.4. The van der Waals surface area contributed by atoms with Gasteiger partial charge in [0.25, 0.3) is 0 Å². The molecule has 0 bridgehead atoms. The third-order valence-corrected chi connectivity index (χ3v) is 8.78. The van der Waals surface area contributed by atoms with Crippen molar-refractivity contribution in [3.63, 3.8) is 0 Å². The molecular weight excluding hydrogens is 548 g/mol. The van der Waals surface area contributed by atoms with Gasteiger partial charge >= 0.3 is 0 Å². The van der Waals surface area contributed by atoms with Crippen molar-refractivity contribution >= 4 is 44.9 Å². The van der Waals surface area contributed by atoms with E-state index >= 15 is 0 Å². The van der Waals surface area contributed by atoms with E-state index in [9.17, 15) is 14.4 Å². The molecule has 222 valence electrons. The van der Waals surface area contributed by atoms with Crippen LogP contribution < -0.4 is 0 Å². The molecule has 0 spiro atoms. The number of nitrogens with zero attached hydrogens (tertiary/aromatic N) is 2. The van der Waals surface area contributed by atoms with Crippen LogP contribution in [0, 0.1) is 12.8 Å². The normalized spacial score (nSPS) is 13.9. The van der Waals surface area contributed by atoms with Crippen LogP contribution in [-0.2, 0) is 11.4 Å². The quantitative estimate of drug-likeness (QED) is 0.0888. The Bertz CT molecular complexity index is 1890. The van der Waals surface area contributed by atoms with Crippen LogP contribution in [0.2, 0.25) is 0 Å². The first-order valence-corrected chi connectivity index (χ1v) is 15.4. The van der Waals surface area contributed by atoms with Crippen LogP contribution >= 0.6 is 0 Å². The Morgan fingerprint density at radius 3 is 2.11 bits per heavy atom. The predicted molar refractivity (Wildman–Crippen MR) is 175 cm³/mol. The fourth-order valence-corrected chi connectivity index (χ4v) is 6.41. The average Bonchev–Trinajstić information content (AvgIpc) is 3.69. The Balaban J connectivity index is 1.35. The van der Waals surface area contributed by atoms with Crippen LogP contribution in [0.25, 0.3) is 21.8 Å². The SMILES string of the molecule is CCn1c2ccc(C(=O)/C(CC3CCCC3)=N/OCC(=O)c3ccccc3)cc2c2cc(C(=O)c3ccccc3C)ccc21. The van der Waals surface area contributed by atoms with Gasteiger partial charge in [-0.2, -0.15) is 0 Å². The number of carbonyl (C=O) groups is 3. The van der Waals surface area contributed by atoms with E-state index in [1.54, 1.807) is 24.3 Å². The number of fused-ring (bicyclic) bond motifs is 3. The molecule has 0 N–H and O–H groups in total. The van der Waals surface area contributed by atoms with Crippen LogP contribution in [0.3, 0.4) is 0 Å². The highest BCUT2D eigenvalue weighted by Gasteiger charge is 2.24. The molecule has 0 saturated heterocycles. The molecule has 1 saturated carbocycles. The molecule has 0 radical (unpaired) electrons. The molecule has 1 fully saturated rings. The van der Waals surface area contributed by atoms with E-state index in [1.165, 1.54) is 0 Å². The van der Waals surface area contributed by atoms with Crippen molar-refractivity contribution < 1.29 is 19.2 Å². The minimum Gasteiger partial charge on any atom is -0.387 e. The van der Waals surface area contributed by atoms with Crippen molar-refractivity contribution in [1.29, 1.82) is 0 Å². The second-order valence-corrected chi connectivity index (χ2v) is 11.6. The van der Waals surface area contributed by atoms with E-state index in [-0.39, 0.29) is 24.0 Å². The van der Waals surface area contributed by atoms with E-state index in [0.717, 1.165) is 59.6 Å². The van der Waals surface area contributed by atoms with Crippen LogP contribution in [0.4, 0.5) is 0 Å². The molecule has 0 atom stereocenters. The third kappa shape index (κ3) is 5.85. The Hall–Kier alpha value is -4.84. The fourth-order valence-electron chi connectivity index (χ4n) is 6.41. The molecule has 6 rings (SSSR count). The number of Topliss-reactive ketones (excluding diaryl/α,β-unsaturated/α-hetero) is 2. The summed E-state index contributed by atoms with van der Waals surface area (Å²) in [6.07, 6.45) is 4.91. The summed E-state index contributed by atoms with van der Waals surface area (Å²) in [5.41, 5.74) is 5.63. The molecule has 44 heavy (non-hydrogen) atoms. The monoisotopic (exact) mass is 584 g/mol. The van der Waals surface area contributed by atoms with E-state index in [2.05, 4.69) is 16.6 Å². The zero-order valence-electron chi connectivity index (χ0n) is 25.2. The van der Waals surface area contributed by atoms with Crippen LogP contribution in [0.15, 0.2) is 96.2 Å². The van der Waals surface area contributed by atoms with Gasteiger partial charge in [-0.25, -0.2) is 0 Å². The summed E-state index contributed by atoms with van der Waals surface area (Å²) in [5, 5.41) is 6.10. The zero-order valence-corrected chi connectivity index (χ0v) is 25.2. The minimum absolute atomic E-state index is 0.0252. The molecule has 4 aromatic carbocycles. The number of carbonyl (C=O) groups excluding carboxylic acids is 3. The van der Waals surface area contributed by atoms with Gasteiger partial charge in [-0.05, 0) is 68.1 Å². The third-order valence-electron chi connectivity index (χ3n) is 8.78. The molecule has 0 aliphatic heterocycles. The summed E-state index contributed by atoms with van der Waals surface area (Å²) >= 11 is 0. The van der Waals surface area contributed by atoms with E-state index in [1.807, 2.05) is 73.7 Å². The Labute approximate surface area is 257 Å². The summed E-state index contributed by atoms with van der Waals surface area (Å²) in [7, 11) is 0. The number of rotatable bonds is 11. The van der Waals surface area contributed by atoms with Gasteiger partial charge in [0, 0.05) is 50.6 Å². The van der Waals surface area contributed by atoms with Crippen molar-refractivity contribution in [3.05, 3.63) is 119 Å². The standard InChI is InChI=1S/C38H36N2O4/c1-3-40-34-19-17-28(37(42)30-16-10-7-11-25(30)2)22-31(34)32-23-29(18-20-35(32)40)38(43)33(21-26-12-8-9-13-26)39-44-24-36(41)27-14-5-4-6-15-27/h4-7,10-11,14-20,22-23,26H,3,8-9,12-13,21,24H2,1-2H3/b39-33+. The molecule has 1 aromatic heterocycles. The molecule has 1 aliphatic carbocycles. The van der Waals surface area contributed by atoms with Gasteiger partial charge in [-0.3, -0.25) is 14.4 Å². The fraction of sp³-hybridized carbons (Fsp3) is 0.263. The number of benzene rings is 4. The highest BCUT2D eigenvalue weighted by Crippen LogP contribution is 2.33. The Morgan fingerprint density at radius 1 is 0.795 bits per heavy atom. The molecule has 0 unspecified atom stereocenters. The lowest BCUT2D eigenvalue weighted by Gasteiger charge is -2.11. The lowest BCUT2D eigenvalue weighted by atomic mass is 9.94. The van der Waals surface area contributed by atoms with Gasteiger partial charge < -0.3 is 9.40 Å². The summed E-state index contributed by atoms with van der Waals surface area (Å²) < 4.78 is 2.20. The van der Waals surface area contributed by atoms with Crippen LogP contribution in [-0.4, -0.2) is 34.2 Å². The molecule has 5 aromatic rings. The van der Waals surface area contributed by atoms with E-state index in [4.69, 9.17) is 4.84 Å². The number of aromatic nitrogens is 1. The first kappa shape index (κ1) is 29.2. The van der Waals surface area contributed by atoms with Gasteiger partial charge in [0.05, 0.1) is 0 Å². The highest BCUT2D eigenvalue weighted by molar-refractivity contribution is 6.46. The maximum Gasteiger partial charge on any atom is 0.210 e. The van der Waals surface area contributed by atoms with Crippen molar-refractivity contribution in [2.75, 3.05) is 6.61 Å². The zero-order chi connectivity index (χ0) is 30.6. The first-order valence-electron chi connectivity index (χ1n) is 15.4. The van der Waals surface area contributed by atoms with Crippen molar-refractivity contribution in [1.82, 2.24) is 4.57 Å². The maximum absolute atomic E-state index is 14.0. The summed E-state index contributed by atoms with van der Waals surface area (Å²) in [4.78, 5) is 45.6. The maximum atomic E-state index is 14.0. The smallest absolute Gasteiger partial charge is 0.210 e. The Kier molecular flexibility index (Phi) is 8.51. The number of oxime groups is 1. The number of ketones is 3. The lowest BCUT2D eigenvalue weighted by Crippen LogP contribution is -2.19. The molecule has 0 amide bonds. The van der Waals surface area contributed by atoms with E-state index in [0.29, 0.717) is 40.3 Å². The predicted octanol–water partition coefficient (Wildman–Crippen LogP) is 8.37. The van der Waals surface area contributed by atoms with Gasteiger partial charge in [-0.1, -0.05) is 85.4 Å². The van der Waals surface area contributed by atoms with Crippen molar-refractivity contribution in [2.24, 2.45) is 11.1 Å². The van der Waals surface area contributed by atoms with Crippen molar-refractivity contribution in [3.8, 4) is 0 Å². The van der Waals surface area contributed by atoms with Gasteiger partial charge in [0.15, 0.2) is 12.4 Å². The molecule has 1 aliphatic rings. The topological polar surface area (TPSA) is 77.7 Å². The van der Waals surface area contributed by atoms with Gasteiger partial charge in [-0.15, -0.1) is 0 Å². The largest absolute Gasteiger partial charge is 0.387 e. The second kappa shape index (κ2) is 12.8. The molecule has 1 heterocycles. The second-order valence-electron chi connectivity index (χ2n) is 11.6. The molecule has 6 heteroatoms. The number of hydrogen-bond acceptors (Lipinski definition) is 5. The molecular formula is C38H36N2O4.